The molecule has 98 valence electrons. The van der Waals surface area contributed by atoms with Gasteiger partial charge in [-0.25, -0.2) is 0 Å². The first-order chi connectivity index (χ1) is 9.19. The molecule has 0 bridgehead atoms. The van der Waals surface area contributed by atoms with Crippen molar-refractivity contribution in [2.45, 2.75) is 13.5 Å². The summed E-state index contributed by atoms with van der Waals surface area (Å²) in [6, 6.07) is 14.9. The molecule has 0 saturated heterocycles. The van der Waals surface area contributed by atoms with E-state index in [0.29, 0.717) is 12.2 Å². The van der Waals surface area contributed by atoms with Crippen LogP contribution in [0.4, 0.5) is 0 Å². The van der Waals surface area contributed by atoms with Crippen LogP contribution in [0.25, 0.3) is 0 Å². The number of ether oxygens (including phenoxy) is 2. The van der Waals surface area contributed by atoms with E-state index in [1.807, 2.05) is 24.3 Å². The summed E-state index contributed by atoms with van der Waals surface area (Å²) in [4.78, 5) is 11.2. The van der Waals surface area contributed by atoms with Crippen LogP contribution in [0.15, 0.2) is 48.5 Å². The molecular formula is C16H16O3. The quantitative estimate of drug-likeness (QED) is 0.768. The second-order valence-electron chi connectivity index (χ2n) is 4.22. The van der Waals surface area contributed by atoms with E-state index in [9.17, 15) is 4.79 Å². The topological polar surface area (TPSA) is 35.5 Å². The van der Waals surface area contributed by atoms with Crippen LogP contribution in [0.3, 0.4) is 0 Å². The minimum Gasteiger partial charge on any atom is -0.497 e. The van der Waals surface area contributed by atoms with E-state index >= 15 is 0 Å². The average Bonchev–Trinajstić information content (AvgIpc) is 2.46. The lowest BCUT2D eigenvalue weighted by Gasteiger charge is -2.08. The number of ketones is 1. The number of carbonyl (C=O) groups is 1. The van der Waals surface area contributed by atoms with Crippen LogP contribution in [-0.4, -0.2) is 12.9 Å². The number of rotatable bonds is 5. The maximum atomic E-state index is 11.2. The fourth-order valence-electron chi connectivity index (χ4n) is 1.71. The van der Waals surface area contributed by atoms with E-state index in [-0.39, 0.29) is 5.78 Å². The fraction of sp³-hybridized carbons (Fsp3) is 0.188. The first kappa shape index (κ1) is 13.1. The van der Waals surface area contributed by atoms with Gasteiger partial charge in [0.15, 0.2) is 5.78 Å². The Morgan fingerprint density at radius 3 is 2.42 bits per heavy atom. The van der Waals surface area contributed by atoms with Crippen molar-refractivity contribution < 1.29 is 14.3 Å². The number of methoxy groups -OCH3 is 1. The molecule has 0 radical (unpaired) electrons. The average molecular weight is 256 g/mol. The first-order valence-electron chi connectivity index (χ1n) is 6.06. The van der Waals surface area contributed by atoms with Crippen LogP contribution in [0.5, 0.6) is 11.5 Å². The summed E-state index contributed by atoms with van der Waals surface area (Å²) in [7, 11) is 1.64. The van der Waals surface area contributed by atoms with Gasteiger partial charge in [-0.15, -0.1) is 0 Å². The number of Topliss-reactive ketones (excluding diaryl/α,β-unsaturated/α-hetero) is 1. The number of hydrogen-bond acceptors (Lipinski definition) is 3. The van der Waals surface area contributed by atoms with E-state index in [1.165, 1.54) is 0 Å². The summed E-state index contributed by atoms with van der Waals surface area (Å²) >= 11 is 0. The lowest BCUT2D eigenvalue weighted by atomic mass is 10.1. The fourth-order valence-corrected chi connectivity index (χ4v) is 1.71. The van der Waals surface area contributed by atoms with Crippen molar-refractivity contribution in [3.8, 4) is 11.5 Å². The SMILES string of the molecule is COc1cccc(COc2ccc(C(C)=O)cc2)c1. The predicted octanol–water partition coefficient (Wildman–Crippen LogP) is 3.48. The second kappa shape index (κ2) is 6.05. The van der Waals surface area contributed by atoms with Gasteiger partial charge < -0.3 is 9.47 Å². The van der Waals surface area contributed by atoms with Crippen molar-refractivity contribution in [3.05, 3.63) is 59.7 Å². The molecule has 19 heavy (non-hydrogen) atoms. The predicted molar refractivity (Wildman–Crippen MR) is 73.8 cm³/mol. The van der Waals surface area contributed by atoms with Crippen molar-refractivity contribution >= 4 is 5.78 Å². The van der Waals surface area contributed by atoms with Crippen molar-refractivity contribution in [2.75, 3.05) is 7.11 Å². The Kier molecular flexibility index (Phi) is 4.18. The van der Waals surface area contributed by atoms with Gasteiger partial charge in [-0.2, -0.15) is 0 Å². The van der Waals surface area contributed by atoms with E-state index in [2.05, 4.69) is 0 Å². The van der Waals surface area contributed by atoms with Gasteiger partial charge in [-0.1, -0.05) is 12.1 Å². The highest BCUT2D eigenvalue weighted by atomic mass is 16.5. The molecule has 2 aromatic carbocycles. The van der Waals surface area contributed by atoms with E-state index in [0.717, 1.165) is 17.1 Å². The molecule has 0 aliphatic carbocycles. The number of hydrogen-bond donors (Lipinski definition) is 0. The molecule has 2 rings (SSSR count). The Morgan fingerprint density at radius 1 is 1.05 bits per heavy atom. The molecule has 0 saturated carbocycles. The Bertz CT molecular complexity index is 558. The lowest BCUT2D eigenvalue weighted by Crippen LogP contribution is -1.97. The zero-order valence-corrected chi connectivity index (χ0v) is 11.1. The maximum Gasteiger partial charge on any atom is 0.159 e. The van der Waals surface area contributed by atoms with E-state index < -0.39 is 0 Å². The first-order valence-corrected chi connectivity index (χ1v) is 6.06. The molecule has 0 heterocycles. The third-order valence-corrected chi connectivity index (χ3v) is 2.80. The minimum absolute atomic E-state index is 0.0549. The van der Waals surface area contributed by atoms with Gasteiger partial charge >= 0.3 is 0 Å². The van der Waals surface area contributed by atoms with Crippen molar-refractivity contribution in [1.29, 1.82) is 0 Å². The summed E-state index contributed by atoms with van der Waals surface area (Å²) in [5.74, 6) is 1.61. The molecule has 3 nitrogen and oxygen atoms in total. The zero-order valence-electron chi connectivity index (χ0n) is 11.1. The highest BCUT2D eigenvalue weighted by molar-refractivity contribution is 5.94. The van der Waals surface area contributed by atoms with Crippen molar-refractivity contribution in [1.82, 2.24) is 0 Å². The third-order valence-electron chi connectivity index (χ3n) is 2.80. The normalized spacial score (nSPS) is 10.0. The summed E-state index contributed by atoms with van der Waals surface area (Å²) in [6.45, 7) is 2.02. The minimum atomic E-state index is 0.0549. The van der Waals surface area contributed by atoms with Crippen molar-refractivity contribution in [2.24, 2.45) is 0 Å². The van der Waals surface area contributed by atoms with Crippen LogP contribution >= 0.6 is 0 Å². The highest BCUT2D eigenvalue weighted by Gasteiger charge is 2.01. The van der Waals surface area contributed by atoms with Crippen LogP contribution in [0, 0.1) is 0 Å². The van der Waals surface area contributed by atoms with Crippen LogP contribution in [0.1, 0.15) is 22.8 Å². The van der Waals surface area contributed by atoms with Gasteiger partial charge in [0.1, 0.15) is 18.1 Å². The van der Waals surface area contributed by atoms with Crippen molar-refractivity contribution in [3.63, 3.8) is 0 Å². The molecular weight excluding hydrogens is 240 g/mol. The standard InChI is InChI=1S/C16H16O3/c1-12(17)14-6-8-15(9-7-14)19-11-13-4-3-5-16(10-13)18-2/h3-10H,11H2,1-2H3. The molecule has 0 amide bonds. The number of benzene rings is 2. The van der Waals surface area contributed by atoms with Gasteiger partial charge in [0.25, 0.3) is 0 Å². The van der Waals surface area contributed by atoms with Gasteiger partial charge in [-0.05, 0) is 48.9 Å². The molecule has 0 aromatic heterocycles. The second-order valence-corrected chi connectivity index (χ2v) is 4.22. The lowest BCUT2D eigenvalue weighted by molar-refractivity contribution is 0.101. The Labute approximate surface area is 112 Å². The number of carbonyl (C=O) groups excluding carboxylic acids is 1. The molecule has 0 aliphatic rings. The molecule has 0 fully saturated rings. The molecule has 3 heteroatoms. The van der Waals surface area contributed by atoms with E-state index in [1.54, 1.807) is 38.3 Å². The molecule has 0 N–H and O–H groups in total. The van der Waals surface area contributed by atoms with Gasteiger partial charge in [0.05, 0.1) is 7.11 Å². The van der Waals surface area contributed by atoms with Gasteiger partial charge in [0, 0.05) is 5.56 Å². The Balaban J connectivity index is 1.99. The summed E-state index contributed by atoms with van der Waals surface area (Å²) < 4.78 is 10.8. The Hall–Kier alpha value is -2.29. The van der Waals surface area contributed by atoms with Gasteiger partial charge in [-0.3, -0.25) is 4.79 Å². The molecule has 0 aliphatic heterocycles. The van der Waals surface area contributed by atoms with Crippen LogP contribution in [0.2, 0.25) is 0 Å². The zero-order chi connectivity index (χ0) is 13.7. The van der Waals surface area contributed by atoms with E-state index in [4.69, 9.17) is 9.47 Å². The molecule has 0 unspecified atom stereocenters. The van der Waals surface area contributed by atoms with Gasteiger partial charge in [0.2, 0.25) is 0 Å². The highest BCUT2D eigenvalue weighted by Crippen LogP contribution is 2.17. The summed E-state index contributed by atoms with van der Waals surface area (Å²) in [5.41, 5.74) is 1.73. The smallest absolute Gasteiger partial charge is 0.159 e. The molecule has 0 spiro atoms. The third kappa shape index (κ3) is 3.58. The summed E-state index contributed by atoms with van der Waals surface area (Å²) in [5, 5.41) is 0. The van der Waals surface area contributed by atoms with Crippen LogP contribution < -0.4 is 9.47 Å². The molecule has 2 aromatic rings. The largest absolute Gasteiger partial charge is 0.497 e. The molecule has 0 atom stereocenters. The maximum absolute atomic E-state index is 11.2. The Morgan fingerprint density at radius 2 is 1.79 bits per heavy atom. The monoisotopic (exact) mass is 256 g/mol. The summed E-state index contributed by atoms with van der Waals surface area (Å²) in [6.07, 6.45) is 0. The van der Waals surface area contributed by atoms with Crippen LogP contribution in [-0.2, 0) is 6.61 Å².